The molecule has 2 aliphatic rings. The van der Waals surface area contributed by atoms with Gasteiger partial charge in [-0.05, 0) is 29.9 Å². The number of imide groups is 1. The number of carbonyl (C=O) groups excluding carboxylic acids is 2. The molecule has 3 rings (SSSR count). The summed E-state index contributed by atoms with van der Waals surface area (Å²) in [5.41, 5.74) is 0.194. The number of nitrogens with zero attached hydrogens (tertiary/aromatic N) is 1. The second-order valence-corrected chi connectivity index (χ2v) is 6.38. The van der Waals surface area contributed by atoms with E-state index in [1.165, 1.54) is 4.90 Å². The predicted octanol–water partition coefficient (Wildman–Crippen LogP) is 2.27. The van der Waals surface area contributed by atoms with Crippen molar-refractivity contribution < 1.29 is 9.59 Å². The number of hydrogen-bond donors (Lipinski definition) is 1. The van der Waals surface area contributed by atoms with Crippen molar-refractivity contribution in [2.45, 2.75) is 18.5 Å². The van der Waals surface area contributed by atoms with Crippen LogP contribution in [0.25, 0.3) is 0 Å². The molecule has 1 aromatic rings. The third-order valence-corrected chi connectivity index (χ3v) is 4.92. The van der Waals surface area contributed by atoms with E-state index in [9.17, 15) is 9.59 Å². The monoisotopic (exact) mass is 296 g/mol. The number of benzene rings is 1. The van der Waals surface area contributed by atoms with Crippen molar-refractivity contribution in [3.63, 3.8) is 0 Å². The van der Waals surface area contributed by atoms with Crippen molar-refractivity contribution in [3.8, 4) is 0 Å². The average Bonchev–Trinajstić information content (AvgIpc) is 2.92. The topological polar surface area (TPSA) is 49.4 Å². The number of halogens is 1. The van der Waals surface area contributed by atoms with Crippen molar-refractivity contribution in [1.29, 1.82) is 0 Å². The first-order valence-corrected chi connectivity index (χ1v) is 7.60. The van der Waals surface area contributed by atoms with E-state index in [4.69, 9.17) is 11.6 Å². The van der Waals surface area contributed by atoms with Crippen LogP contribution in [-0.2, 0) is 11.3 Å². The van der Waals surface area contributed by atoms with Gasteiger partial charge < -0.3 is 5.32 Å². The fraction of sp³-hybridized carbons (Fsp3) is 0.385. The molecule has 0 radical (unpaired) electrons. The first kappa shape index (κ1) is 12.8. The van der Waals surface area contributed by atoms with Crippen LogP contribution in [0.3, 0.4) is 0 Å². The van der Waals surface area contributed by atoms with Crippen LogP contribution in [0, 0.1) is 0 Å². The Morgan fingerprint density at radius 2 is 2.26 bits per heavy atom. The number of amides is 3. The van der Waals surface area contributed by atoms with Crippen LogP contribution in [0.5, 0.6) is 0 Å². The summed E-state index contributed by atoms with van der Waals surface area (Å²) >= 11 is 7.62. The lowest BCUT2D eigenvalue weighted by Gasteiger charge is -2.19. The van der Waals surface area contributed by atoms with Gasteiger partial charge in [0, 0.05) is 10.8 Å². The molecule has 1 spiro atoms. The molecule has 2 fully saturated rings. The van der Waals surface area contributed by atoms with Gasteiger partial charge in [-0.3, -0.25) is 9.69 Å². The Morgan fingerprint density at radius 1 is 1.42 bits per heavy atom. The van der Waals surface area contributed by atoms with E-state index in [0.29, 0.717) is 17.2 Å². The lowest BCUT2D eigenvalue weighted by Crippen LogP contribution is -2.46. The summed E-state index contributed by atoms with van der Waals surface area (Å²) in [4.78, 5) is 25.7. The van der Waals surface area contributed by atoms with E-state index in [-0.39, 0.29) is 18.5 Å². The molecular formula is C13H13ClN2O2S. The predicted molar refractivity (Wildman–Crippen MR) is 75.2 cm³/mol. The van der Waals surface area contributed by atoms with Crippen LogP contribution >= 0.6 is 23.4 Å². The molecule has 4 nitrogen and oxygen atoms in total. The highest BCUT2D eigenvalue weighted by Crippen LogP contribution is 2.34. The molecule has 1 atom stereocenters. The maximum absolute atomic E-state index is 12.4. The van der Waals surface area contributed by atoms with Gasteiger partial charge in [0.05, 0.1) is 6.54 Å². The van der Waals surface area contributed by atoms with Gasteiger partial charge in [-0.2, -0.15) is 11.8 Å². The third-order valence-electron chi connectivity index (χ3n) is 3.50. The zero-order valence-electron chi connectivity index (χ0n) is 10.2. The van der Waals surface area contributed by atoms with Crippen molar-refractivity contribution in [1.82, 2.24) is 10.2 Å². The molecule has 0 bridgehead atoms. The van der Waals surface area contributed by atoms with Crippen molar-refractivity contribution in [2.24, 2.45) is 0 Å². The van der Waals surface area contributed by atoms with Gasteiger partial charge >= 0.3 is 6.03 Å². The molecule has 100 valence electrons. The van der Waals surface area contributed by atoms with Gasteiger partial charge in [0.25, 0.3) is 5.91 Å². The molecule has 1 aromatic carbocycles. The molecule has 1 N–H and O–H groups in total. The van der Waals surface area contributed by atoms with Gasteiger partial charge in [-0.15, -0.1) is 0 Å². The van der Waals surface area contributed by atoms with E-state index in [1.54, 1.807) is 23.9 Å². The van der Waals surface area contributed by atoms with Gasteiger partial charge in [-0.25, -0.2) is 4.79 Å². The van der Waals surface area contributed by atoms with Crippen LogP contribution in [0.1, 0.15) is 12.0 Å². The Balaban J connectivity index is 1.82. The van der Waals surface area contributed by atoms with E-state index in [2.05, 4.69) is 5.32 Å². The number of carbonyl (C=O) groups is 2. The molecule has 19 heavy (non-hydrogen) atoms. The minimum absolute atomic E-state index is 0.109. The second-order valence-electron chi connectivity index (χ2n) is 4.84. The fourth-order valence-corrected chi connectivity index (χ4v) is 4.01. The van der Waals surface area contributed by atoms with Crippen LogP contribution in [0.4, 0.5) is 4.79 Å². The first-order valence-electron chi connectivity index (χ1n) is 6.07. The second kappa shape index (κ2) is 4.72. The van der Waals surface area contributed by atoms with Crippen LogP contribution in [0.15, 0.2) is 24.3 Å². The number of thioether (sulfide) groups is 1. The van der Waals surface area contributed by atoms with Crippen LogP contribution < -0.4 is 5.32 Å². The standard InChI is InChI=1S/C13H13ClN2O2S/c14-10-3-1-2-9(6-10)7-16-11(17)13(15-12(16)18)4-5-19-8-13/h1-3,6H,4-5,7-8H2,(H,15,18)/t13-/m0/s1. The van der Waals surface area contributed by atoms with Crippen molar-refractivity contribution in [2.75, 3.05) is 11.5 Å². The van der Waals surface area contributed by atoms with Crippen LogP contribution in [0.2, 0.25) is 5.02 Å². The summed E-state index contributed by atoms with van der Waals surface area (Å²) < 4.78 is 0. The zero-order valence-corrected chi connectivity index (χ0v) is 11.8. The zero-order chi connectivity index (χ0) is 13.5. The summed E-state index contributed by atoms with van der Waals surface area (Å²) in [6.07, 6.45) is 0.717. The Bertz CT molecular complexity index is 543. The first-order chi connectivity index (χ1) is 9.11. The lowest BCUT2D eigenvalue weighted by atomic mass is 9.99. The SMILES string of the molecule is O=C1N[C@]2(CCSC2)C(=O)N1Cc1cccc(Cl)c1. The van der Waals surface area contributed by atoms with E-state index < -0.39 is 5.54 Å². The van der Waals surface area contributed by atoms with Gasteiger partial charge in [0.2, 0.25) is 0 Å². The summed E-state index contributed by atoms with van der Waals surface area (Å²) in [6.45, 7) is 0.275. The molecule has 0 aromatic heterocycles. The Morgan fingerprint density at radius 3 is 2.95 bits per heavy atom. The van der Waals surface area contributed by atoms with Crippen molar-refractivity contribution >= 4 is 35.3 Å². The quantitative estimate of drug-likeness (QED) is 0.852. The number of urea groups is 1. The molecule has 0 aliphatic carbocycles. The number of hydrogen-bond acceptors (Lipinski definition) is 3. The summed E-state index contributed by atoms with van der Waals surface area (Å²) in [5.74, 6) is 1.48. The minimum Gasteiger partial charge on any atom is -0.322 e. The van der Waals surface area contributed by atoms with E-state index in [0.717, 1.165) is 11.3 Å². The summed E-state index contributed by atoms with van der Waals surface area (Å²) in [7, 11) is 0. The highest BCUT2D eigenvalue weighted by atomic mass is 35.5. The van der Waals surface area contributed by atoms with Crippen molar-refractivity contribution in [3.05, 3.63) is 34.9 Å². The van der Waals surface area contributed by atoms with Crippen LogP contribution in [-0.4, -0.2) is 33.9 Å². The largest absolute Gasteiger partial charge is 0.325 e. The molecule has 6 heteroatoms. The lowest BCUT2D eigenvalue weighted by molar-refractivity contribution is -0.130. The molecule has 0 unspecified atom stereocenters. The Labute approximate surface area is 120 Å². The minimum atomic E-state index is -0.666. The molecule has 2 heterocycles. The molecule has 2 saturated heterocycles. The maximum Gasteiger partial charge on any atom is 0.325 e. The van der Waals surface area contributed by atoms with Gasteiger partial charge in [0.15, 0.2) is 0 Å². The Hall–Kier alpha value is -1.20. The Kier molecular flexibility index (Phi) is 3.19. The molecular weight excluding hydrogens is 284 g/mol. The van der Waals surface area contributed by atoms with Gasteiger partial charge in [0.1, 0.15) is 5.54 Å². The number of nitrogens with one attached hydrogen (secondary N) is 1. The third kappa shape index (κ3) is 2.21. The van der Waals surface area contributed by atoms with E-state index in [1.807, 2.05) is 12.1 Å². The highest BCUT2D eigenvalue weighted by Gasteiger charge is 2.52. The smallest absolute Gasteiger partial charge is 0.322 e. The van der Waals surface area contributed by atoms with E-state index >= 15 is 0 Å². The summed E-state index contributed by atoms with van der Waals surface area (Å²) in [6, 6.07) is 6.92. The number of rotatable bonds is 2. The van der Waals surface area contributed by atoms with Gasteiger partial charge in [-0.1, -0.05) is 23.7 Å². The molecule has 0 saturated carbocycles. The summed E-state index contributed by atoms with van der Waals surface area (Å²) in [5, 5.41) is 3.45. The molecule has 2 aliphatic heterocycles. The highest BCUT2D eigenvalue weighted by molar-refractivity contribution is 7.99. The fourth-order valence-electron chi connectivity index (χ4n) is 2.47. The molecule has 3 amide bonds. The average molecular weight is 297 g/mol. The maximum atomic E-state index is 12.4. The normalized spacial score (nSPS) is 26.3.